The molecule has 0 unspecified atom stereocenters. The molecule has 2 rings (SSSR count). The van der Waals surface area contributed by atoms with Gasteiger partial charge < -0.3 is 10.6 Å². The van der Waals surface area contributed by atoms with Crippen LogP contribution in [-0.4, -0.2) is 30.5 Å². The first-order chi connectivity index (χ1) is 9.75. The van der Waals surface area contributed by atoms with Crippen molar-refractivity contribution in [3.8, 4) is 0 Å². The molecule has 1 aromatic carbocycles. The van der Waals surface area contributed by atoms with Crippen molar-refractivity contribution in [1.82, 2.24) is 10.6 Å². The summed E-state index contributed by atoms with van der Waals surface area (Å²) in [5, 5.41) is 17.0. The van der Waals surface area contributed by atoms with E-state index in [1.165, 1.54) is 0 Å². The van der Waals surface area contributed by atoms with Crippen LogP contribution in [0.3, 0.4) is 0 Å². The maximum atomic E-state index is 10.5. The van der Waals surface area contributed by atoms with Gasteiger partial charge >= 0.3 is 0 Å². The van der Waals surface area contributed by atoms with E-state index < -0.39 is 0 Å². The minimum atomic E-state index is -0.369. The topological polar surface area (TPSA) is 79.6 Å². The SMILES string of the molecule is O=[N+]([O-])c1ccc(CCCCNC2=NCCCN2)cc1. The summed E-state index contributed by atoms with van der Waals surface area (Å²) in [5.41, 5.74) is 1.29. The lowest BCUT2D eigenvalue weighted by Gasteiger charge is -2.15. The van der Waals surface area contributed by atoms with Crippen molar-refractivity contribution in [3.05, 3.63) is 39.9 Å². The van der Waals surface area contributed by atoms with Crippen LogP contribution in [0.4, 0.5) is 5.69 Å². The quantitative estimate of drug-likeness (QED) is 0.472. The largest absolute Gasteiger partial charge is 0.356 e. The number of guanidine groups is 1. The molecule has 0 radical (unpaired) electrons. The Labute approximate surface area is 118 Å². The molecular weight excluding hydrogens is 256 g/mol. The van der Waals surface area contributed by atoms with Gasteiger partial charge in [-0.3, -0.25) is 15.1 Å². The highest BCUT2D eigenvalue weighted by Crippen LogP contribution is 2.13. The number of unbranched alkanes of at least 4 members (excludes halogenated alkanes) is 1. The number of nitro groups is 1. The molecule has 0 atom stereocenters. The Kier molecular flexibility index (Phi) is 5.34. The number of nitrogens with one attached hydrogen (secondary N) is 2. The Balaban J connectivity index is 1.63. The highest BCUT2D eigenvalue weighted by Gasteiger charge is 2.04. The summed E-state index contributed by atoms with van der Waals surface area (Å²) in [6.45, 7) is 2.80. The van der Waals surface area contributed by atoms with Gasteiger partial charge in [-0.15, -0.1) is 0 Å². The molecule has 1 aromatic rings. The van der Waals surface area contributed by atoms with Gasteiger partial charge in [0.15, 0.2) is 5.96 Å². The molecule has 6 heteroatoms. The van der Waals surface area contributed by atoms with Crippen molar-refractivity contribution >= 4 is 11.6 Å². The van der Waals surface area contributed by atoms with Crippen LogP contribution in [0.2, 0.25) is 0 Å². The Morgan fingerprint density at radius 2 is 2.10 bits per heavy atom. The fourth-order valence-electron chi connectivity index (χ4n) is 2.10. The number of non-ortho nitro benzene ring substituents is 1. The molecule has 108 valence electrons. The van der Waals surface area contributed by atoms with Crippen LogP contribution in [0.15, 0.2) is 29.3 Å². The molecule has 2 N–H and O–H groups in total. The van der Waals surface area contributed by atoms with Gasteiger partial charge in [0, 0.05) is 31.8 Å². The molecule has 0 amide bonds. The second-order valence-electron chi connectivity index (χ2n) is 4.82. The van der Waals surface area contributed by atoms with Crippen LogP contribution in [0, 0.1) is 10.1 Å². The van der Waals surface area contributed by atoms with E-state index >= 15 is 0 Å². The van der Waals surface area contributed by atoms with Crippen molar-refractivity contribution in [2.75, 3.05) is 19.6 Å². The fourth-order valence-corrected chi connectivity index (χ4v) is 2.10. The summed E-state index contributed by atoms with van der Waals surface area (Å²) in [5.74, 6) is 0.909. The molecule has 0 saturated heterocycles. The molecule has 1 aliphatic heterocycles. The lowest BCUT2D eigenvalue weighted by atomic mass is 10.1. The molecule has 20 heavy (non-hydrogen) atoms. The number of aliphatic imine (C=N–C) groups is 1. The van der Waals surface area contributed by atoms with Gasteiger partial charge in [0.05, 0.1) is 4.92 Å². The van der Waals surface area contributed by atoms with Gasteiger partial charge in [-0.25, -0.2) is 0 Å². The first-order valence-corrected chi connectivity index (χ1v) is 7.01. The minimum absolute atomic E-state index is 0.150. The lowest BCUT2D eigenvalue weighted by molar-refractivity contribution is -0.384. The summed E-state index contributed by atoms with van der Waals surface area (Å²) < 4.78 is 0. The number of hydrogen-bond donors (Lipinski definition) is 2. The van der Waals surface area contributed by atoms with Crippen LogP contribution in [0.1, 0.15) is 24.8 Å². The molecule has 0 saturated carbocycles. The smallest absolute Gasteiger partial charge is 0.269 e. The summed E-state index contributed by atoms with van der Waals surface area (Å²) in [6.07, 6.45) is 4.15. The van der Waals surface area contributed by atoms with Crippen LogP contribution in [-0.2, 0) is 6.42 Å². The van der Waals surface area contributed by atoms with Crippen LogP contribution < -0.4 is 10.6 Å². The normalized spacial score (nSPS) is 14.3. The molecule has 0 bridgehead atoms. The third kappa shape index (κ3) is 4.53. The van der Waals surface area contributed by atoms with Crippen LogP contribution in [0.5, 0.6) is 0 Å². The number of rotatable bonds is 6. The average molecular weight is 276 g/mol. The van der Waals surface area contributed by atoms with E-state index in [4.69, 9.17) is 0 Å². The zero-order valence-corrected chi connectivity index (χ0v) is 11.5. The van der Waals surface area contributed by atoms with Crippen molar-refractivity contribution in [3.63, 3.8) is 0 Å². The van der Waals surface area contributed by atoms with E-state index in [9.17, 15) is 10.1 Å². The summed E-state index contributed by atoms with van der Waals surface area (Å²) in [7, 11) is 0. The third-order valence-electron chi connectivity index (χ3n) is 3.23. The van der Waals surface area contributed by atoms with Gasteiger partial charge in [0.1, 0.15) is 0 Å². The number of hydrogen-bond acceptors (Lipinski definition) is 5. The Bertz CT molecular complexity index is 471. The molecule has 0 aromatic heterocycles. The van der Waals surface area contributed by atoms with Crippen molar-refractivity contribution < 1.29 is 4.92 Å². The second kappa shape index (κ2) is 7.47. The van der Waals surface area contributed by atoms with Gasteiger partial charge in [-0.1, -0.05) is 12.1 Å². The monoisotopic (exact) mass is 276 g/mol. The molecule has 1 aliphatic rings. The number of nitro benzene ring substituents is 1. The number of benzene rings is 1. The maximum absolute atomic E-state index is 10.5. The van der Waals surface area contributed by atoms with E-state index in [-0.39, 0.29) is 10.6 Å². The predicted octanol–water partition coefficient (Wildman–Crippen LogP) is 1.86. The Morgan fingerprint density at radius 3 is 2.75 bits per heavy atom. The summed E-state index contributed by atoms with van der Waals surface area (Å²) in [6, 6.07) is 6.79. The van der Waals surface area contributed by atoms with Crippen molar-refractivity contribution in [2.45, 2.75) is 25.7 Å². The molecule has 0 fully saturated rings. The van der Waals surface area contributed by atoms with Crippen LogP contribution >= 0.6 is 0 Å². The highest BCUT2D eigenvalue weighted by atomic mass is 16.6. The Morgan fingerprint density at radius 1 is 1.30 bits per heavy atom. The summed E-state index contributed by atoms with van der Waals surface area (Å²) >= 11 is 0. The number of nitrogens with zero attached hydrogens (tertiary/aromatic N) is 2. The predicted molar refractivity (Wildman–Crippen MR) is 79.0 cm³/mol. The minimum Gasteiger partial charge on any atom is -0.356 e. The number of aryl methyl sites for hydroxylation is 1. The standard InChI is InChI=1S/C14H20N4O2/c19-18(20)13-7-5-12(6-8-13)4-1-2-9-15-14-16-10-3-11-17-14/h5-8H,1-4,9-11H2,(H2,15,16,17). The second-order valence-corrected chi connectivity index (χ2v) is 4.82. The first kappa shape index (κ1) is 14.3. The molecule has 0 aliphatic carbocycles. The van der Waals surface area contributed by atoms with Gasteiger partial charge in [0.2, 0.25) is 0 Å². The van der Waals surface area contributed by atoms with Crippen molar-refractivity contribution in [1.29, 1.82) is 0 Å². The third-order valence-corrected chi connectivity index (χ3v) is 3.23. The van der Waals surface area contributed by atoms with E-state index in [0.717, 1.165) is 56.8 Å². The zero-order valence-electron chi connectivity index (χ0n) is 11.5. The first-order valence-electron chi connectivity index (χ1n) is 7.01. The molecular formula is C14H20N4O2. The molecule has 1 heterocycles. The highest BCUT2D eigenvalue weighted by molar-refractivity contribution is 5.80. The average Bonchev–Trinajstić information content (AvgIpc) is 2.48. The van der Waals surface area contributed by atoms with Crippen molar-refractivity contribution in [2.24, 2.45) is 4.99 Å². The zero-order chi connectivity index (χ0) is 14.2. The maximum Gasteiger partial charge on any atom is 0.269 e. The fraction of sp³-hybridized carbons (Fsp3) is 0.500. The van der Waals surface area contributed by atoms with E-state index in [0.29, 0.717) is 0 Å². The molecule has 6 nitrogen and oxygen atoms in total. The lowest BCUT2D eigenvalue weighted by Crippen LogP contribution is -2.41. The Hall–Kier alpha value is -2.11. The van der Waals surface area contributed by atoms with E-state index in [1.807, 2.05) is 12.1 Å². The van der Waals surface area contributed by atoms with Gasteiger partial charge in [-0.2, -0.15) is 0 Å². The van der Waals surface area contributed by atoms with E-state index in [1.54, 1.807) is 12.1 Å². The summed E-state index contributed by atoms with van der Waals surface area (Å²) in [4.78, 5) is 14.5. The van der Waals surface area contributed by atoms with E-state index in [2.05, 4.69) is 15.6 Å². The van der Waals surface area contributed by atoms with Gasteiger partial charge in [0.25, 0.3) is 5.69 Å². The van der Waals surface area contributed by atoms with Gasteiger partial charge in [-0.05, 0) is 31.2 Å². The van der Waals surface area contributed by atoms with Crippen LogP contribution in [0.25, 0.3) is 0 Å². The molecule has 0 spiro atoms.